The van der Waals surface area contributed by atoms with Crippen LogP contribution in [0.2, 0.25) is 0 Å². The molecule has 2 rings (SSSR count). The predicted molar refractivity (Wildman–Crippen MR) is 100 cm³/mol. The molecule has 1 unspecified atom stereocenters. The minimum Gasteiger partial charge on any atom is -0.337 e. The second kappa shape index (κ2) is 9.03. The van der Waals surface area contributed by atoms with E-state index in [0.717, 1.165) is 18.5 Å². The number of thiophene rings is 1. The number of carbonyl (C=O) groups is 1. The maximum atomic E-state index is 12.7. The van der Waals surface area contributed by atoms with Gasteiger partial charge in [-0.15, -0.1) is 23.7 Å². The van der Waals surface area contributed by atoms with Gasteiger partial charge in [-0.05, 0) is 50.9 Å². The number of amides is 2. The van der Waals surface area contributed by atoms with Gasteiger partial charge in [-0.2, -0.15) is 0 Å². The molecule has 24 heavy (non-hydrogen) atoms. The molecule has 0 radical (unpaired) electrons. The van der Waals surface area contributed by atoms with Crippen molar-refractivity contribution in [1.29, 1.82) is 0 Å². The molecule has 0 aromatic carbocycles. The van der Waals surface area contributed by atoms with Gasteiger partial charge in [0.2, 0.25) is 0 Å². The smallest absolute Gasteiger partial charge is 0.317 e. The Kier molecular flexibility index (Phi) is 7.98. The molecule has 1 N–H and O–H groups in total. The molecule has 1 atom stereocenters. The molecule has 1 fully saturated rings. The van der Waals surface area contributed by atoms with Crippen molar-refractivity contribution in [2.45, 2.75) is 29.2 Å². The second-order valence-corrected chi connectivity index (χ2v) is 9.60. The van der Waals surface area contributed by atoms with Crippen LogP contribution in [0.4, 0.5) is 4.79 Å². The zero-order valence-electron chi connectivity index (χ0n) is 14.3. The summed E-state index contributed by atoms with van der Waals surface area (Å²) < 4.78 is 25.8. The summed E-state index contributed by atoms with van der Waals surface area (Å²) in [6, 6.07) is 1.55. The summed E-state index contributed by atoms with van der Waals surface area (Å²) in [5.41, 5.74) is 0.961. The van der Waals surface area contributed by atoms with E-state index in [1.807, 2.05) is 31.3 Å². The minimum atomic E-state index is -3.35. The van der Waals surface area contributed by atoms with Gasteiger partial charge in [0.15, 0.2) is 9.84 Å². The van der Waals surface area contributed by atoms with Crippen LogP contribution in [0.25, 0.3) is 0 Å². The van der Waals surface area contributed by atoms with E-state index >= 15 is 0 Å². The summed E-state index contributed by atoms with van der Waals surface area (Å²) in [5, 5.41) is 4.20. The third-order valence-electron chi connectivity index (χ3n) is 3.93. The van der Waals surface area contributed by atoms with E-state index in [1.54, 1.807) is 11.0 Å². The summed E-state index contributed by atoms with van der Waals surface area (Å²) in [6.45, 7) is 4.09. The highest BCUT2D eigenvalue weighted by atomic mass is 35.5. The molecule has 1 aromatic heterocycles. The Balaban J connectivity index is 0.00000288. The van der Waals surface area contributed by atoms with Gasteiger partial charge >= 0.3 is 6.03 Å². The van der Waals surface area contributed by atoms with Gasteiger partial charge in [-0.1, -0.05) is 0 Å². The summed E-state index contributed by atoms with van der Waals surface area (Å²) in [5.74, 6) is 0. The number of urea groups is 1. The number of piperidine rings is 1. The molecular formula is C15H26ClN3O3S2. The Bertz CT molecular complexity index is 646. The van der Waals surface area contributed by atoms with Crippen molar-refractivity contribution in [2.24, 2.45) is 0 Å². The number of sulfone groups is 1. The molecular weight excluding hydrogens is 370 g/mol. The van der Waals surface area contributed by atoms with Crippen LogP contribution in [0.15, 0.2) is 15.7 Å². The molecule has 1 aromatic rings. The lowest BCUT2D eigenvalue weighted by Gasteiger charge is -2.32. The first-order chi connectivity index (χ1) is 10.8. The maximum absolute atomic E-state index is 12.7. The van der Waals surface area contributed by atoms with Crippen molar-refractivity contribution in [3.8, 4) is 0 Å². The third kappa shape index (κ3) is 5.34. The number of aryl methyl sites for hydroxylation is 1. The van der Waals surface area contributed by atoms with Gasteiger partial charge in [0.25, 0.3) is 0 Å². The molecule has 0 bridgehead atoms. The summed E-state index contributed by atoms with van der Waals surface area (Å²) >= 11 is 1.26. The fourth-order valence-electron chi connectivity index (χ4n) is 2.59. The van der Waals surface area contributed by atoms with Crippen LogP contribution in [-0.2, 0) is 9.84 Å². The van der Waals surface area contributed by atoms with Gasteiger partial charge in [-0.3, -0.25) is 0 Å². The molecule has 6 nitrogen and oxygen atoms in total. The number of nitrogens with one attached hydrogen (secondary N) is 1. The summed E-state index contributed by atoms with van der Waals surface area (Å²) in [7, 11) is 0.533. The number of nitrogens with zero attached hydrogens (tertiary/aromatic N) is 2. The highest BCUT2D eigenvalue weighted by molar-refractivity contribution is 7.94. The van der Waals surface area contributed by atoms with Gasteiger partial charge < -0.3 is 15.1 Å². The van der Waals surface area contributed by atoms with Crippen LogP contribution in [0.5, 0.6) is 0 Å². The Morgan fingerprint density at radius 1 is 1.46 bits per heavy atom. The van der Waals surface area contributed by atoms with Crippen molar-refractivity contribution < 1.29 is 13.2 Å². The average Bonchev–Trinajstić information content (AvgIpc) is 2.94. The van der Waals surface area contributed by atoms with Crippen molar-refractivity contribution in [3.63, 3.8) is 0 Å². The Morgan fingerprint density at radius 2 is 2.17 bits per heavy atom. The van der Waals surface area contributed by atoms with E-state index in [4.69, 9.17) is 0 Å². The number of likely N-dealkylation sites (N-methyl/N-ethyl adjacent to an activating group) is 1. The molecule has 0 saturated carbocycles. The highest BCUT2D eigenvalue weighted by Crippen LogP contribution is 2.28. The first kappa shape index (κ1) is 21.2. The average molecular weight is 396 g/mol. The van der Waals surface area contributed by atoms with E-state index in [0.29, 0.717) is 23.7 Å². The van der Waals surface area contributed by atoms with E-state index in [1.165, 1.54) is 11.3 Å². The summed E-state index contributed by atoms with van der Waals surface area (Å²) in [4.78, 5) is 15.8. The highest BCUT2D eigenvalue weighted by Gasteiger charge is 2.34. The van der Waals surface area contributed by atoms with Gasteiger partial charge in [0, 0.05) is 26.2 Å². The number of halogens is 1. The number of carbonyl (C=O) groups excluding carboxylic acids is 1. The normalized spacial score (nSPS) is 18.3. The topological polar surface area (TPSA) is 69.7 Å². The minimum absolute atomic E-state index is 0. The Morgan fingerprint density at radius 3 is 2.75 bits per heavy atom. The number of rotatable bonds is 5. The number of likely N-dealkylation sites (tertiary alicyclic amines) is 1. The van der Waals surface area contributed by atoms with Crippen molar-refractivity contribution >= 4 is 39.6 Å². The number of hydrogen-bond acceptors (Lipinski definition) is 5. The largest absolute Gasteiger partial charge is 0.337 e. The molecule has 138 valence electrons. The van der Waals surface area contributed by atoms with E-state index in [-0.39, 0.29) is 25.0 Å². The van der Waals surface area contributed by atoms with Gasteiger partial charge in [0.1, 0.15) is 4.21 Å². The van der Waals surface area contributed by atoms with Crippen LogP contribution in [0.1, 0.15) is 18.4 Å². The molecule has 0 spiro atoms. The Hall–Kier alpha value is -0.830. The van der Waals surface area contributed by atoms with Crippen LogP contribution in [0.3, 0.4) is 0 Å². The molecule has 1 saturated heterocycles. The van der Waals surface area contributed by atoms with Crippen LogP contribution >= 0.6 is 23.7 Å². The molecule has 2 heterocycles. The molecule has 1 aliphatic rings. The standard InChI is InChI=1S/C15H25N3O3S2.ClH/c1-12-9-14(22-11-12)23(20,21)13-5-4-7-18(10-13)15(19)16-6-8-17(2)3;/h9,11,13H,4-8,10H2,1-3H3,(H,16,19);1H. The fourth-order valence-corrected chi connectivity index (χ4v) is 5.84. The lowest BCUT2D eigenvalue weighted by atomic mass is 10.1. The Labute approximate surface area is 154 Å². The van der Waals surface area contributed by atoms with E-state index in [2.05, 4.69) is 5.32 Å². The van der Waals surface area contributed by atoms with Crippen molar-refractivity contribution in [3.05, 3.63) is 17.0 Å². The van der Waals surface area contributed by atoms with Crippen molar-refractivity contribution in [2.75, 3.05) is 40.3 Å². The zero-order valence-corrected chi connectivity index (χ0v) is 16.8. The molecule has 1 aliphatic heterocycles. The quantitative estimate of drug-likeness (QED) is 0.827. The van der Waals surface area contributed by atoms with Gasteiger partial charge in [0.05, 0.1) is 5.25 Å². The summed E-state index contributed by atoms with van der Waals surface area (Å²) in [6.07, 6.45) is 1.33. The lowest BCUT2D eigenvalue weighted by Crippen LogP contribution is -2.49. The monoisotopic (exact) mass is 395 g/mol. The second-order valence-electron chi connectivity index (χ2n) is 6.23. The SMILES string of the molecule is Cc1csc(S(=O)(=O)C2CCCN(C(=O)NCCN(C)C)C2)c1.Cl. The van der Waals surface area contributed by atoms with Gasteiger partial charge in [-0.25, -0.2) is 13.2 Å². The van der Waals surface area contributed by atoms with Crippen LogP contribution in [-0.4, -0.2) is 69.8 Å². The van der Waals surface area contributed by atoms with Crippen molar-refractivity contribution in [1.82, 2.24) is 15.1 Å². The predicted octanol–water partition coefficient (Wildman–Crippen LogP) is 1.99. The lowest BCUT2D eigenvalue weighted by molar-refractivity contribution is 0.186. The molecule has 9 heteroatoms. The third-order valence-corrected chi connectivity index (χ3v) is 7.69. The fraction of sp³-hybridized carbons (Fsp3) is 0.667. The maximum Gasteiger partial charge on any atom is 0.317 e. The van der Waals surface area contributed by atoms with Crippen LogP contribution in [0, 0.1) is 6.92 Å². The van der Waals surface area contributed by atoms with E-state index < -0.39 is 15.1 Å². The van der Waals surface area contributed by atoms with E-state index in [9.17, 15) is 13.2 Å². The zero-order chi connectivity index (χ0) is 17.0. The first-order valence-corrected chi connectivity index (χ1v) is 10.2. The molecule has 0 aliphatic carbocycles. The molecule has 2 amide bonds. The number of hydrogen-bond donors (Lipinski definition) is 1. The first-order valence-electron chi connectivity index (χ1n) is 7.77. The van der Waals surface area contributed by atoms with Crippen LogP contribution < -0.4 is 5.32 Å².